The Kier molecular flexibility index (Phi) is 7.22. The largest absolute Gasteiger partial charge is 0.489 e. The van der Waals surface area contributed by atoms with E-state index in [-0.39, 0.29) is 0 Å². The van der Waals surface area contributed by atoms with Crippen molar-refractivity contribution >= 4 is 23.2 Å². The van der Waals surface area contributed by atoms with Gasteiger partial charge in [0.2, 0.25) is 0 Å². The fourth-order valence-electron chi connectivity index (χ4n) is 2.23. The summed E-state index contributed by atoms with van der Waals surface area (Å²) in [5, 5.41) is 4.89. The summed E-state index contributed by atoms with van der Waals surface area (Å²) in [7, 11) is 0. The first-order chi connectivity index (χ1) is 11.0. The SMILES string of the molecule is CC(C)CCNCc1cc(Cl)ccc1OCc1cccc(Cl)c1. The summed E-state index contributed by atoms with van der Waals surface area (Å²) in [5.74, 6) is 1.55. The van der Waals surface area contributed by atoms with E-state index in [9.17, 15) is 0 Å². The molecule has 0 unspecified atom stereocenters. The van der Waals surface area contributed by atoms with Crippen molar-refractivity contribution in [1.29, 1.82) is 0 Å². The van der Waals surface area contributed by atoms with E-state index in [1.165, 1.54) is 0 Å². The summed E-state index contributed by atoms with van der Waals surface area (Å²) in [6, 6.07) is 13.4. The molecule has 0 radical (unpaired) electrons. The predicted octanol–water partition coefficient (Wildman–Crippen LogP) is 5.71. The Morgan fingerprint density at radius 1 is 1.04 bits per heavy atom. The first-order valence-electron chi connectivity index (χ1n) is 7.91. The molecule has 0 spiro atoms. The molecule has 2 nitrogen and oxygen atoms in total. The van der Waals surface area contributed by atoms with Gasteiger partial charge in [-0.05, 0) is 54.8 Å². The van der Waals surface area contributed by atoms with Crippen molar-refractivity contribution in [2.24, 2.45) is 5.92 Å². The topological polar surface area (TPSA) is 21.3 Å². The highest BCUT2D eigenvalue weighted by Crippen LogP contribution is 2.24. The van der Waals surface area contributed by atoms with E-state index in [1.54, 1.807) is 0 Å². The van der Waals surface area contributed by atoms with E-state index < -0.39 is 0 Å². The Hall–Kier alpha value is -1.22. The molecule has 23 heavy (non-hydrogen) atoms. The number of benzene rings is 2. The van der Waals surface area contributed by atoms with Crippen LogP contribution in [-0.4, -0.2) is 6.54 Å². The maximum Gasteiger partial charge on any atom is 0.124 e. The first-order valence-corrected chi connectivity index (χ1v) is 8.66. The van der Waals surface area contributed by atoms with Crippen LogP contribution in [0.5, 0.6) is 5.75 Å². The molecule has 0 aliphatic carbocycles. The second-order valence-corrected chi connectivity index (χ2v) is 6.90. The predicted molar refractivity (Wildman–Crippen MR) is 98.4 cm³/mol. The van der Waals surface area contributed by atoms with Gasteiger partial charge >= 0.3 is 0 Å². The van der Waals surface area contributed by atoms with Gasteiger partial charge in [0.25, 0.3) is 0 Å². The minimum Gasteiger partial charge on any atom is -0.489 e. The van der Waals surface area contributed by atoms with Crippen molar-refractivity contribution in [3.8, 4) is 5.75 Å². The first kappa shape index (κ1) is 18.1. The molecule has 2 rings (SSSR count). The molecule has 0 aliphatic heterocycles. The molecule has 0 bridgehead atoms. The van der Waals surface area contributed by atoms with E-state index in [4.69, 9.17) is 27.9 Å². The highest BCUT2D eigenvalue weighted by Gasteiger charge is 2.06. The molecule has 1 N–H and O–H groups in total. The molecular weight excluding hydrogens is 329 g/mol. The number of ether oxygens (including phenoxy) is 1. The Morgan fingerprint density at radius 2 is 1.83 bits per heavy atom. The molecule has 2 aromatic rings. The lowest BCUT2D eigenvalue weighted by atomic mass is 10.1. The quantitative estimate of drug-likeness (QED) is 0.615. The lowest BCUT2D eigenvalue weighted by Gasteiger charge is -2.13. The average Bonchev–Trinajstić information content (AvgIpc) is 2.50. The molecule has 0 aliphatic rings. The average molecular weight is 352 g/mol. The van der Waals surface area contributed by atoms with Gasteiger partial charge in [0.15, 0.2) is 0 Å². The molecule has 0 amide bonds. The Balaban J connectivity index is 1.97. The van der Waals surface area contributed by atoms with E-state index in [2.05, 4.69) is 19.2 Å². The van der Waals surface area contributed by atoms with Crippen molar-refractivity contribution in [2.75, 3.05) is 6.54 Å². The van der Waals surface area contributed by atoms with Crippen LogP contribution in [0.2, 0.25) is 10.0 Å². The summed E-state index contributed by atoms with van der Waals surface area (Å²) < 4.78 is 5.95. The zero-order valence-corrected chi connectivity index (χ0v) is 15.1. The maximum absolute atomic E-state index is 6.12. The van der Waals surface area contributed by atoms with Gasteiger partial charge in [0.1, 0.15) is 12.4 Å². The minimum atomic E-state index is 0.487. The molecule has 0 atom stereocenters. The van der Waals surface area contributed by atoms with Crippen LogP contribution in [0.15, 0.2) is 42.5 Å². The molecule has 4 heteroatoms. The van der Waals surface area contributed by atoms with Crippen LogP contribution in [0.25, 0.3) is 0 Å². The summed E-state index contributed by atoms with van der Waals surface area (Å²) in [4.78, 5) is 0. The smallest absolute Gasteiger partial charge is 0.124 e. The van der Waals surface area contributed by atoms with Gasteiger partial charge in [-0.15, -0.1) is 0 Å². The summed E-state index contributed by atoms with van der Waals surface area (Å²) in [6.07, 6.45) is 1.15. The molecule has 0 heterocycles. The van der Waals surface area contributed by atoms with Crippen molar-refractivity contribution in [1.82, 2.24) is 5.32 Å². The molecule has 0 aromatic heterocycles. The maximum atomic E-state index is 6.12. The standard InChI is InChI=1S/C19H23Cl2NO/c1-14(2)8-9-22-12-16-11-18(21)6-7-19(16)23-13-15-4-3-5-17(20)10-15/h3-7,10-11,14,22H,8-9,12-13H2,1-2H3. The van der Waals surface area contributed by atoms with Crippen molar-refractivity contribution in [3.05, 3.63) is 63.6 Å². The Labute approximate surface area is 148 Å². The molecule has 0 saturated carbocycles. The Morgan fingerprint density at radius 3 is 2.57 bits per heavy atom. The summed E-state index contributed by atoms with van der Waals surface area (Å²) >= 11 is 12.1. The molecule has 124 valence electrons. The van der Waals surface area contributed by atoms with Crippen LogP contribution in [-0.2, 0) is 13.2 Å². The van der Waals surface area contributed by atoms with Crippen molar-refractivity contribution < 1.29 is 4.74 Å². The lowest BCUT2D eigenvalue weighted by Crippen LogP contribution is -2.17. The fraction of sp³-hybridized carbons (Fsp3) is 0.368. The zero-order valence-electron chi connectivity index (χ0n) is 13.6. The molecule has 2 aromatic carbocycles. The second kappa shape index (κ2) is 9.17. The third-order valence-corrected chi connectivity index (χ3v) is 3.99. The summed E-state index contributed by atoms with van der Waals surface area (Å²) in [6.45, 7) is 6.67. The number of rotatable bonds is 8. The summed E-state index contributed by atoms with van der Waals surface area (Å²) in [5.41, 5.74) is 2.12. The van der Waals surface area contributed by atoms with E-state index >= 15 is 0 Å². The molecule has 0 saturated heterocycles. The van der Waals surface area contributed by atoms with Gasteiger partial charge in [-0.1, -0.05) is 49.2 Å². The van der Waals surface area contributed by atoms with Crippen LogP contribution in [0.3, 0.4) is 0 Å². The minimum absolute atomic E-state index is 0.487. The van der Waals surface area contributed by atoms with Gasteiger partial charge in [-0.2, -0.15) is 0 Å². The van der Waals surface area contributed by atoms with Crippen molar-refractivity contribution in [3.63, 3.8) is 0 Å². The van der Waals surface area contributed by atoms with Crippen LogP contribution in [0.4, 0.5) is 0 Å². The van der Waals surface area contributed by atoms with Gasteiger partial charge in [-0.25, -0.2) is 0 Å². The fourth-order valence-corrected chi connectivity index (χ4v) is 2.64. The highest BCUT2D eigenvalue weighted by molar-refractivity contribution is 6.30. The van der Waals surface area contributed by atoms with Crippen LogP contribution in [0.1, 0.15) is 31.4 Å². The van der Waals surface area contributed by atoms with E-state index in [1.807, 2.05) is 42.5 Å². The third-order valence-electron chi connectivity index (χ3n) is 3.52. The molecule has 0 fully saturated rings. The monoisotopic (exact) mass is 351 g/mol. The number of hydrogen-bond acceptors (Lipinski definition) is 2. The van der Waals surface area contributed by atoms with Crippen LogP contribution in [0, 0.1) is 5.92 Å². The van der Waals surface area contributed by atoms with Crippen molar-refractivity contribution in [2.45, 2.75) is 33.4 Å². The molecular formula is C19H23Cl2NO. The third kappa shape index (κ3) is 6.42. The number of halogens is 2. The highest BCUT2D eigenvalue weighted by atomic mass is 35.5. The van der Waals surface area contributed by atoms with Gasteiger partial charge < -0.3 is 10.1 Å². The lowest BCUT2D eigenvalue weighted by molar-refractivity contribution is 0.302. The number of hydrogen-bond donors (Lipinski definition) is 1. The number of nitrogens with one attached hydrogen (secondary N) is 1. The van der Waals surface area contributed by atoms with Gasteiger partial charge in [-0.3, -0.25) is 0 Å². The van der Waals surface area contributed by atoms with Crippen LogP contribution >= 0.6 is 23.2 Å². The van der Waals surface area contributed by atoms with E-state index in [0.29, 0.717) is 12.5 Å². The normalized spacial score (nSPS) is 11.0. The Bertz CT molecular complexity index is 629. The second-order valence-electron chi connectivity index (χ2n) is 6.03. The zero-order chi connectivity index (χ0) is 16.7. The van der Waals surface area contributed by atoms with Crippen LogP contribution < -0.4 is 10.1 Å². The van der Waals surface area contributed by atoms with Gasteiger partial charge in [0.05, 0.1) is 0 Å². The van der Waals surface area contributed by atoms with E-state index in [0.717, 1.165) is 46.4 Å². The van der Waals surface area contributed by atoms with Gasteiger partial charge in [0, 0.05) is 22.2 Å².